The number of carbonyl (C=O) groups is 1. The van der Waals surface area contributed by atoms with Crippen molar-refractivity contribution < 1.29 is 14.6 Å². The zero-order valence-electron chi connectivity index (χ0n) is 17.4. The molecule has 5 heteroatoms. The van der Waals surface area contributed by atoms with Crippen LogP contribution in [-0.2, 0) is 22.7 Å². The maximum absolute atomic E-state index is 10.6. The third kappa shape index (κ3) is 5.58. The Balaban J connectivity index is 1.50. The first-order valence-corrected chi connectivity index (χ1v) is 10.5. The van der Waals surface area contributed by atoms with Gasteiger partial charge in [0, 0.05) is 35.8 Å². The first kappa shape index (κ1) is 20.9. The van der Waals surface area contributed by atoms with E-state index in [9.17, 15) is 4.79 Å². The standard InChI is InChI=1S/C23H34N2O3/c1-23(2,3)18-5-7-19(8-6-18)28-15-17-14-25-21-12-16(4-9-20(17)21)13-24-11-10-22(26)27/h4,9,12,14,18-19,24-25H,5-8,10-11,13,15H2,1-3H3,(H,26,27). The number of hydrogen-bond donors (Lipinski definition) is 3. The van der Waals surface area contributed by atoms with Gasteiger partial charge in [0.2, 0.25) is 0 Å². The van der Waals surface area contributed by atoms with Gasteiger partial charge < -0.3 is 20.1 Å². The monoisotopic (exact) mass is 386 g/mol. The van der Waals surface area contributed by atoms with Crippen molar-refractivity contribution in [2.75, 3.05) is 6.54 Å². The number of rotatable bonds is 8. The van der Waals surface area contributed by atoms with Gasteiger partial charge in [-0.3, -0.25) is 4.79 Å². The molecule has 0 spiro atoms. The van der Waals surface area contributed by atoms with E-state index in [1.807, 2.05) is 6.20 Å². The second-order valence-electron chi connectivity index (χ2n) is 9.17. The average Bonchev–Trinajstić information content (AvgIpc) is 3.05. The summed E-state index contributed by atoms with van der Waals surface area (Å²) in [5, 5.41) is 13.1. The van der Waals surface area contributed by atoms with Crippen molar-refractivity contribution in [1.29, 1.82) is 0 Å². The van der Waals surface area contributed by atoms with Crippen LogP contribution in [0.1, 0.15) is 64.0 Å². The molecule has 3 N–H and O–H groups in total. The van der Waals surface area contributed by atoms with E-state index in [1.54, 1.807) is 0 Å². The predicted molar refractivity (Wildman–Crippen MR) is 112 cm³/mol. The van der Waals surface area contributed by atoms with Crippen LogP contribution in [0.2, 0.25) is 0 Å². The second-order valence-corrected chi connectivity index (χ2v) is 9.17. The number of aromatic nitrogens is 1. The zero-order valence-corrected chi connectivity index (χ0v) is 17.4. The summed E-state index contributed by atoms with van der Waals surface area (Å²) >= 11 is 0. The number of hydrogen-bond acceptors (Lipinski definition) is 3. The van der Waals surface area contributed by atoms with Crippen molar-refractivity contribution in [1.82, 2.24) is 10.3 Å². The number of carboxylic acids is 1. The molecule has 0 aliphatic heterocycles. The number of aromatic amines is 1. The Morgan fingerprint density at radius 2 is 2.00 bits per heavy atom. The molecule has 1 aliphatic carbocycles. The quantitative estimate of drug-likeness (QED) is 0.567. The molecule has 0 bridgehead atoms. The molecule has 2 aromatic rings. The summed E-state index contributed by atoms with van der Waals surface area (Å²) in [5.74, 6) is 0.0341. The highest BCUT2D eigenvalue weighted by molar-refractivity contribution is 5.83. The van der Waals surface area contributed by atoms with Crippen LogP contribution in [0.15, 0.2) is 24.4 Å². The summed E-state index contributed by atoms with van der Waals surface area (Å²) in [5.41, 5.74) is 3.86. The molecule has 0 radical (unpaired) electrons. The Bertz CT molecular complexity index is 783. The minimum atomic E-state index is -0.774. The van der Waals surface area contributed by atoms with Gasteiger partial charge in [0.1, 0.15) is 0 Å². The first-order valence-electron chi connectivity index (χ1n) is 10.5. The van der Waals surface area contributed by atoms with Gasteiger partial charge in [-0.25, -0.2) is 0 Å². The molecule has 154 valence electrons. The third-order valence-corrected chi connectivity index (χ3v) is 6.05. The molecule has 1 aromatic carbocycles. The van der Waals surface area contributed by atoms with Crippen molar-refractivity contribution in [3.8, 4) is 0 Å². The largest absolute Gasteiger partial charge is 0.481 e. The fourth-order valence-electron chi connectivity index (χ4n) is 4.19. The topological polar surface area (TPSA) is 74.3 Å². The highest BCUT2D eigenvalue weighted by atomic mass is 16.5. The van der Waals surface area contributed by atoms with Gasteiger partial charge in [0.05, 0.1) is 19.1 Å². The fourth-order valence-corrected chi connectivity index (χ4v) is 4.19. The molecule has 1 saturated carbocycles. The van der Waals surface area contributed by atoms with Crippen LogP contribution >= 0.6 is 0 Å². The molecule has 5 nitrogen and oxygen atoms in total. The zero-order chi connectivity index (χ0) is 20.1. The molecule has 28 heavy (non-hydrogen) atoms. The number of fused-ring (bicyclic) bond motifs is 1. The molecule has 1 aliphatic rings. The lowest BCUT2D eigenvalue weighted by Crippen LogP contribution is -2.29. The molecule has 0 saturated heterocycles. The summed E-state index contributed by atoms with van der Waals surface area (Å²) in [6.45, 7) is 8.85. The summed E-state index contributed by atoms with van der Waals surface area (Å²) in [6.07, 6.45) is 7.42. The van der Waals surface area contributed by atoms with E-state index in [0.29, 0.717) is 31.2 Å². The van der Waals surface area contributed by atoms with Crippen molar-refractivity contribution in [2.24, 2.45) is 11.3 Å². The van der Waals surface area contributed by atoms with E-state index in [-0.39, 0.29) is 6.42 Å². The molecule has 0 amide bonds. The van der Waals surface area contributed by atoms with Gasteiger partial charge in [-0.2, -0.15) is 0 Å². The third-order valence-electron chi connectivity index (χ3n) is 6.05. The van der Waals surface area contributed by atoms with Gasteiger partial charge in [-0.05, 0) is 48.6 Å². The van der Waals surface area contributed by atoms with E-state index < -0.39 is 5.97 Å². The Morgan fingerprint density at radius 3 is 2.68 bits per heavy atom. The Morgan fingerprint density at radius 1 is 1.25 bits per heavy atom. The number of carboxylic acid groups (broad SMARTS) is 1. The molecule has 1 fully saturated rings. The van der Waals surface area contributed by atoms with Crippen LogP contribution in [0.4, 0.5) is 0 Å². The second kappa shape index (κ2) is 9.10. The van der Waals surface area contributed by atoms with Crippen molar-refractivity contribution in [2.45, 2.75) is 72.1 Å². The number of benzene rings is 1. The predicted octanol–water partition coefficient (Wildman–Crippen LogP) is 4.85. The summed E-state index contributed by atoms with van der Waals surface area (Å²) < 4.78 is 6.24. The molecule has 0 unspecified atom stereocenters. The number of ether oxygens (including phenoxy) is 1. The molecule has 1 heterocycles. The minimum absolute atomic E-state index is 0.143. The Hall–Kier alpha value is -1.85. The summed E-state index contributed by atoms with van der Waals surface area (Å²) in [4.78, 5) is 13.9. The van der Waals surface area contributed by atoms with Crippen LogP contribution in [0, 0.1) is 11.3 Å². The maximum atomic E-state index is 10.6. The van der Waals surface area contributed by atoms with Crippen molar-refractivity contribution >= 4 is 16.9 Å². The first-order chi connectivity index (χ1) is 13.3. The van der Waals surface area contributed by atoms with Crippen molar-refractivity contribution in [3.05, 3.63) is 35.5 Å². The van der Waals surface area contributed by atoms with Crippen molar-refractivity contribution in [3.63, 3.8) is 0 Å². The van der Waals surface area contributed by atoms with Gasteiger partial charge in [-0.1, -0.05) is 32.9 Å². The molecular formula is C23H34N2O3. The lowest BCUT2D eigenvalue weighted by Gasteiger charge is -2.36. The Kier molecular flexibility index (Phi) is 6.78. The Labute approximate surface area is 167 Å². The van der Waals surface area contributed by atoms with Crippen LogP contribution in [0.3, 0.4) is 0 Å². The molecule has 0 atom stereocenters. The van der Waals surface area contributed by atoms with Crippen LogP contribution in [-0.4, -0.2) is 28.7 Å². The van der Waals surface area contributed by atoms with Gasteiger partial charge in [0.25, 0.3) is 0 Å². The summed E-state index contributed by atoms with van der Waals surface area (Å²) in [7, 11) is 0. The SMILES string of the molecule is CC(C)(C)C1CCC(OCc2c[nH]c3cc(CNCCC(=O)O)ccc23)CC1. The van der Waals surface area contributed by atoms with E-state index in [1.165, 1.54) is 23.8 Å². The average molecular weight is 387 g/mol. The smallest absolute Gasteiger partial charge is 0.304 e. The number of H-pyrrole nitrogens is 1. The van der Waals surface area contributed by atoms with Gasteiger partial charge >= 0.3 is 5.97 Å². The van der Waals surface area contributed by atoms with Crippen LogP contribution in [0.25, 0.3) is 10.9 Å². The number of aliphatic carboxylic acids is 1. The summed E-state index contributed by atoms with van der Waals surface area (Å²) in [6, 6.07) is 6.36. The highest BCUT2D eigenvalue weighted by Crippen LogP contribution is 2.38. The lowest BCUT2D eigenvalue weighted by molar-refractivity contribution is -0.136. The molecule has 1 aromatic heterocycles. The normalized spacial score (nSPS) is 20.5. The van der Waals surface area contributed by atoms with E-state index in [4.69, 9.17) is 9.84 Å². The van der Waals surface area contributed by atoms with Crippen LogP contribution < -0.4 is 5.32 Å². The van der Waals surface area contributed by atoms with E-state index >= 15 is 0 Å². The molecule has 3 rings (SSSR count). The van der Waals surface area contributed by atoms with E-state index in [0.717, 1.165) is 29.8 Å². The van der Waals surface area contributed by atoms with E-state index in [2.05, 4.69) is 49.3 Å². The molecular weight excluding hydrogens is 352 g/mol. The highest BCUT2D eigenvalue weighted by Gasteiger charge is 2.30. The lowest BCUT2D eigenvalue weighted by atomic mass is 9.72. The van der Waals surface area contributed by atoms with Gasteiger partial charge in [0.15, 0.2) is 0 Å². The number of nitrogens with one attached hydrogen (secondary N) is 2. The van der Waals surface area contributed by atoms with Crippen LogP contribution in [0.5, 0.6) is 0 Å². The maximum Gasteiger partial charge on any atom is 0.304 e. The van der Waals surface area contributed by atoms with Gasteiger partial charge in [-0.15, -0.1) is 0 Å². The fraction of sp³-hybridized carbons (Fsp3) is 0.609. The minimum Gasteiger partial charge on any atom is -0.481 e.